The zero-order chi connectivity index (χ0) is 14.1. The van der Waals surface area contributed by atoms with E-state index < -0.39 is 0 Å². The SMILES string of the molecule is Cc1nn(C2CCCCCC2O)c(C)c1CNC1CC1. The van der Waals surface area contributed by atoms with E-state index in [2.05, 4.69) is 23.8 Å². The third-order valence-electron chi connectivity index (χ3n) is 4.88. The first-order chi connectivity index (χ1) is 9.66. The fourth-order valence-corrected chi connectivity index (χ4v) is 3.36. The van der Waals surface area contributed by atoms with E-state index in [1.807, 2.05) is 0 Å². The molecule has 2 fully saturated rings. The zero-order valence-electron chi connectivity index (χ0n) is 12.7. The maximum absolute atomic E-state index is 10.4. The molecule has 0 aliphatic heterocycles. The van der Waals surface area contributed by atoms with Crippen LogP contribution in [0.25, 0.3) is 0 Å². The van der Waals surface area contributed by atoms with Crippen LogP contribution in [0.2, 0.25) is 0 Å². The van der Waals surface area contributed by atoms with Gasteiger partial charge in [0.25, 0.3) is 0 Å². The van der Waals surface area contributed by atoms with Crippen molar-refractivity contribution in [3.63, 3.8) is 0 Å². The Morgan fingerprint density at radius 2 is 1.90 bits per heavy atom. The Kier molecular flexibility index (Phi) is 4.13. The molecule has 0 spiro atoms. The highest BCUT2D eigenvalue weighted by Crippen LogP contribution is 2.30. The van der Waals surface area contributed by atoms with Crippen LogP contribution in [-0.4, -0.2) is 27.0 Å². The van der Waals surface area contributed by atoms with Crippen molar-refractivity contribution < 1.29 is 5.11 Å². The molecule has 2 unspecified atom stereocenters. The first-order valence-corrected chi connectivity index (χ1v) is 8.13. The van der Waals surface area contributed by atoms with Crippen molar-refractivity contribution in [2.45, 2.75) is 83.5 Å². The normalized spacial score (nSPS) is 27.6. The average molecular weight is 277 g/mol. The minimum atomic E-state index is -0.236. The second-order valence-corrected chi connectivity index (χ2v) is 6.52. The van der Waals surface area contributed by atoms with Gasteiger partial charge in [-0.05, 0) is 39.5 Å². The minimum Gasteiger partial charge on any atom is -0.391 e. The Labute approximate surface area is 121 Å². The van der Waals surface area contributed by atoms with Crippen molar-refractivity contribution in [1.82, 2.24) is 15.1 Å². The second kappa shape index (κ2) is 5.86. The molecular weight excluding hydrogens is 250 g/mol. The van der Waals surface area contributed by atoms with E-state index in [0.717, 1.165) is 37.5 Å². The van der Waals surface area contributed by atoms with Gasteiger partial charge in [-0.1, -0.05) is 19.3 Å². The van der Waals surface area contributed by atoms with E-state index in [0.29, 0.717) is 0 Å². The van der Waals surface area contributed by atoms with Crippen LogP contribution in [0.15, 0.2) is 0 Å². The van der Waals surface area contributed by atoms with E-state index in [-0.39, 0.29) is 12.1 Å². The summed E-state index contributed by atoms with van der Waals surface area (Å²) in [5.74, 6) is 0. The number of nitrogens with one attached hydrogen (secondary N) is 1. The Hall–Kier alpha value is -0.870. The van der Waals surface area contributed by atoms with Gasteiger partial charge >= 0.3 is 0 Å². The maximum atomic E-state index is 10.4. The van der Waals surface area contributed by atoms with Gasteiger partial charge in [0, 0.05) is 23.8 Å². The number of aliphatic hydroxyl groups excluding tert-OH is 1. The molecule has 0 bridgehead atoms. The number of nitrogens with zero attached hydrogens (tertiary/aromatic N) is 2. The Morgan fingerprint density at radius 3 is 2.65 bits per heavy atom. The van der Waals surface area contributed by atoms with Gasteiger partial charge in [0.15, 0.2) is 0 Å². The third-order valence-corrected chi connectivity index (χ3v) is 4.88. The van der Waals surface area contributed by atoms with Crippen LogP contribution in [0, 0.1) is 13.8 Å². The summed E-state index contributed by atoms with van der Waals surface area (Å²) >= 11 is 0. The highest BCUT2D eigenvalue weighted by Gasteiger charge is 2.27. The molecule has 1 aromatic rings. The van der Waals surface area contributed by atoms with Crippen LogP contribution in [0.4, 0.5) is 0 Å². The standard InChI is InChI=1S/C16H27N3O/c1-11-14(10-17-13-8-9-13)12(2)19(18-11)15-6-4-3-5-7-16(15)20/h13,15-17,20H,3-10H2,1-2H3. The monoisotopic (exact) mass is 277 g/mol. The van der Waals surface area contributed by atoms with Crippen LogP contribution < -0.4 is 5.32 Å². The van der Waals surface area contributed by atoms with Gasteiger partial charge in [0.1, 0.15) is 0 Å². The zero-order valence-corrected chi connectivity index (χ0v) is 12.7. The molecule has 0 aromatic carbocycles. The van der Waals surface area contributed by atoms with E-state index in [1.54, 1.807) is 0 Å². The molecule has 112 valence electrons. The van der Waals surface area contributed by atoms with Gasteiger partial charge in [0.05, 0.1) is 17.8 Å². The van der Waals surface area contributed by atoms with Gasteiger partial charge in [-0.25, -0.2) is 0 Å². The van der Waals surface area contributed by atoms with Gasteiger partial charge in [0.2, 0.25) is 0 Å². The molecule has 2 saturated carbocycles. The third kappa shape index (κ3) is 2.91. The van der Waals surface area contributed by atoms with E-state index >= 15 is 0 Å². The fourth-order valence-electron chi connectivity index (χ4n) is 3.36. The number of aryl methyl sites for hydroxylation is 1. The molecule has 1 aromatic heterocycles. The largest absolute Gasteiger partial charge is 0.391 e. The Bertz CT molecular complexity index is 465. The summed E-state index contributed by atoms with van der Waals surface area (Å²) in [6.45, 7) is 5.17. The summed E-state index contributed by atoms with van der Waals surface area (Å²) in [6, 6.07) is 0.895. The second-order valence-electron chi connectivity index (χ2n) is 6.52. The lowest BCUT2D eigenvalue weighted by molar-refractivity contribution is 0.0977. The van der Waals surface area contributed by atoms with E-state index in [1.165, 1.54) is 36.9 Å². The lowest BCUT2D eigenvalue weighted by Crippen LogP contribution is -2.25. The molecule has 2 atom stereocenters. The summed E-state index contributed by atoms with van der Waals surface area (Å²) in [5, 5.41) is 18.7. The van der Waals surface area contributed by atoms with E-state index in [4.69, 9.17) is 5.10 Å². The fraction of sp³-hybridized carbons (Fsp3) is 0.812. The summed E-state index contributed by atoms with van der Waals surface area (Å²) in [6.07, 6.45) is 7.95. The molecule has 2 aliphatic carbocycles. The minimum absolute atomic E-state index is 0.172. The molecule has 1 heterocycles. The van der Waals surface area contributed by atoms with Crippen LogP contribution in [0.3, 0.4) is 0 Å². The molecule has 0 saturated heterocycles. The van der Waals surface area contributed by atoms with Gasteiger partial charge in [-0.3, -0.25) is 4.68 Å². The van der Waals surface area contributed by atoms with Crippen molar-refractivity contribution in [2.75, 3.05) is 0 Å². The van der Waals surface area contributed by atoms with Crippen molar-refractivity contribution in [3.05, 3.63) is 17.0 Å². The first-order valence-electron chi connectivity index (χ1n) is 8.13. The smallest absolute Gasteiger partial charge is 0.0781 e. The van der Waals surface area contributed by atoms with Gasteiger partial charge < -0.3 is 10.4 Å². The van der Waals surface area contributed by atoms with E-state index in [9.17, 15) is 5.11 Å². The topological polar surface area (TPSA) is 50.1 Å². The lowest BCUT2D eigenvalue weighted by atomic mass is 10.1. The molecule has 3 rings (SSSR count). The van der Waals surface area contributed by atoms with Crippen LogP contribution in [-0.2, 0) is 6.54 Å². The molecule has 2 aliphatic rings. The lowest BCUT2D eigenvalue weighted by Gasteiger charge is -2.22. The quantitative estimate of drug-likeness (QED) is 0.832. The maximum Gasteiger partial charge on any atom is 0.0781 e. The highest BCUT2D eigenvalue weighted by atomic mass is 16.3. The van der Waals surface area contributed by atoms with Crippen LogP contribution in [0.5, 0.6) is 0 Å². The predicted octanol–water partition coefficient (Wildman–Crippen LogP) is 2.62. The van der Waals surface area contributed by atoms with Crippen molar-refractivity contribution >= 4 is 0 Å². The first kappa shape index (κ1) is 14.1. The molecule has 4 nitrogen and oxygen atoms in total. The number of aromatic nitrogens is 2. The molecule has 0 radical (unpaired) electrons. The molecular formula is C16H27N3O. The number of hydrogen-bond donors (Lipinski definition) is 2. The highest BCUT2D eigenvalue weighted by molar-refractivity contribution is 5.25. The summed E-state index contributed by atoms with van der Waals surface area (Å²) in [4.78, 5) is 0. The van der Waals surface area contributed by atoms with Crippen molar-refractivity contribution in [1.29, 1.82) is 0 Å². The summed E-state index contributed by atoms with van der Waals surface area (Å²) in [5.41, 5.74) is 3.68. The number of aliphatic hydroxyl groups is 1. The molecule has 0 amide bonds. The van der Waals surface area contributed by atoms with Gasteiger partial charge in [-0.2, -0.15) is 5.10 Å². The van der Waals surface area contributed by atoms with Crippen molar-refractivity contribution in [2.24, 2.45) is 0 Å². The molecule has 20 heavy (non-hydrogen) atoms. The van der Waals surface area contributed by atoms with Gasteiger partial charge in [-0.15, -0.1) is 0 Å². The Balaban J connectivity index is 1.79. The predicted molar refractivity (Wildman–Crippen MR) is 79.7 cm³/mol. The van der Waals surface area contributed by atoms with Crippen LogP contribution >= 0.6 is 0 Å². The summed E-state index contributed by atoms with van der Waals surface area (Å²) in [7, 11) is 0. The molecule has 2 N–H and O–H groups in total. The van der Waals surface area contributed by atoms with Crippen molar-refractivity contribution in [3.8, 4) is 0 Å². The number of hydrogen-bond acceptors (Lipinski definition) is 3. The molecule has 4 heteroatoms. The number of rotatable bonds is 4. The Morgan fingerprint density at radius 1 is 1.15 bits per heavy atom. The summed E-state index contributed by atoms with van der Waals surface area (Å²) < 4.78 is 2.11. The van der Waals surface area contributed by atoms with Crippen LogP contribution in [0.1, 0.15) is 67.9 Å². The average Bonchev–Trinajstić information content (AvgIpc) is 3.21.